The van der Waals surface area contributed by atoms with Gasteiger partial charge in [0.2, 0.25) is 5.91 Å². The first-order chi connectivity index (χ1) is 10.1. The Hall–Kier alpha value is -2.15. The molecule has 0 unspecified atom stereocenters. The van der Waals surface area contributed by atoms with E-state index in [1.54, 1.807) is 29.1 Å². The largest absolute Gasteiger partial charge is 0.354 e. The minimum Gasteiger partial charge on any atom is -0.354 e. The summed E-state index contributed by atoms with van der Waals surface area (Å²) in [4.78, 5) is 24.7. The van der Waals surface area contributed by atoms with E-state index in [4.69, 9.17) is 0 Å². The van der Waals surface area contributed by atoms with Crippen LogP contribution in [0.25, 0.3) is 0 Å². The number of rotatable bonds is 6. The Morgan fingerprint density at radius 2 is 2.19 bits per heavy atom. The Balaban J connectivity index is 1.69. The van der Waals surface area contributed by atoms with Crippen LogP contribution in [-0.2, 0) is 18.3 Å². The molecule has 7 heteroatoms. The normalized spacial score (nSPS) is 10.4. The number of nitrogens with one attached hydrogen (secondary N) is 2. The van der Waals surface area contributed by atoms with Crippen LogP contribution in [0.1, 0.15) is 21.1 Å². The lowest BCUT2D eigenvalue weighted by molar-refractivity contribution is -0.120. The maximum absolute atomic E-state index is 11.8. The summed E-state index contributed by atoms with van der Waals surface area (Å²) >= 11 is 1.66. The third kappa shape index (κ3) is 4.42. The standard InChI is InChI=1S/C14H18N4O2S/c1-10-8-12(17-18(10)2)14(20)16-9-13(19)15-6-5-11-4-3-7-21-11/h3-4,7-8H,5-6,9H2,1-2H3,(H,15,19)(H,16,20). The van der Waals surface area contributed by atoms with Crippen molar-refractivity contribution in [1.82, 2.24) is 20.4 Å². The molecule has 21 heavy (non-hydrogen) atoms. The van der Waals surface area contributed by atoms with Gasteiger partial charge in [-0.15, -0.1) is 11.3 Å². The fourth-order valence-electron chi connectivity index (χ4n) is 1.77. The summed E-state index contributed by atoms with van der Waals surface area (Å²) in [6.45, 7) is 2.39. The molecule has 0 aromatic carbocycles. The monoisotopic (exact) mass is 306 g/mol. The molecular weight excluding hydrogens is 288 g/mol. The molecule has 0 bridgehead atoms. The first-order valence-electron chi connectivity index (χ1n) is 6.64. The molecule has 2 heterocycles. The molecule has 0 atom stereocenters. The Bertz CT molecular complexity index is 599. The molecule has 2 aromatic heterocycles. The summed E-state index contributed by atoms with van der Waals surface area (Å²) in [6.07, 6.45) is 0.802. The average Bonchev–Trinajstić information content (AvgIpc) is 3.07. The fraction of sp³-hybridized carbons (Fsp3) is 0.357. The van der Waals surface area contributed by atoms with Gasteiger partial charge in [-0.1, -0.05) is 6.07 Å². The van der Waals surface area contributed by atoms with E-state index in [0.29, 0.717) is 12.2 Å². The summed E-state index contributed by atoms with van der Waals surface area (Å²) in [7, 11) is 1.77. The van der Waals surface area contributed by atoms with Gasteiger partial charge in [-0.05, 0) is 30.9 Å². The lowest BCUT2D eigenvalue weighted by atomic mass is 10.3. The zero-order chi connectivity index (χ0) is 15.2. The van der Waals surface area contributed by atoms with E-state index in [9.17, 15) is 9.59 Å². The van der Waals surface area contributed by atoms with E-state index in [1.807, 2.05) is 24.4 Å². The fourth-order valence-corrected chi connectivity index (χ4v) is 2.47. The van der Waals surface area contributed by atoms with Gasteiger partial charge in [0.25, 0.3) is 5.91 Å². The van der Waals surface area contributed by atoms with Crippen LogP contribution < -0.4 is 10.6 Å². The molecule has 2 aromatic rings. The number of carbonyl (C=O) groups is 2. The maximum Gasteiger partial charge on any atom is 0.272 e. The van der Waals surface area contributed by atoms with Crippen molar-refractivity contribution < 1.29 is 9.59 Å². The van der Waals surface area contributed by atoms with Gasteiger partial charge in [0.1, 0.15) is 5.69 Å². The van der Waals surface area contributed by atoms with Crippen LogP contribution in [0.4, 0.5) is 0 Å². The molecule has 0 aliphatic rings. The molecule has 0 saturated heterocycles. The van der Waals surface area contributed by atoms with Gasteiger partial charge >= 0.3 is 0 Å². The van der Waals surface area contributed by atoms with E-state index in [-0.39, 0.29) is 18.4 Å². The molecular formula is C14H18N4O2S. The lowest BCUT2D eigenvalue weighted by Crippen LogP contribution is -2.37. The van der Waals surface area contributed by atoms with Crippen LogP contribution in [0.5, 0.6) is 0 Å². The van der Waals surface area contributed by atoms with Gasteiger partial charge in [0.05, 0.1) is 6.54 Å². The van der Waals surface area contributed by atoms with E-state index < -0.39 is 0 Å². The third-order valence-electron chi connectivity index (χ3n) is 3.03. The van der Waals surface area contributed by atoms with E-state index in [0.717, 1.165) is 12.1 Å². The zero-order valence-electron chi connectivity index (χ0n) is 12.0. The number of hydrogen-bond acceptors (Lipinski definition) is 4. The summed E-state index contributed by atoms with van der Waals surface area (Å²) < 4.78 is 1.62. The van der Waals surface area contributed by atoms with Crippen LogP contribution in [0.3, 0.4) is 0 Å². The van der Waals surface area contributed by atoms with Crippen molar-refractivity contribution in [2.45, 2.75) is 13.3 Å². The van der Waals surface area contributed by atoms with Crippen molar-refractivity contribution in [1.29, 1.82) is 0 Å². The third-order valence-corrected chi connectivity index (χ3v) is 3.97. The number of carbonyl (C=O) groups excluding carboxylic acids is 2. The first-order valence-corrected chi connectivity index (χ1v) is 7.52. The number of aryl methyl sites for hydroxylation is 2. The van der Waals surface area contributed by atoms with Crippen molar-refractivity contribution in [2.75, 3.05) is 13.1 Å². The topological polar surface area (TPSA) is 76.0 Å². The smallest absolute Gasteiger partial charge is 0.272 e. The highest BCUT2D eigenvalue weighted by Crippen LogP contribution is 2.07. The SMILES string of the molecule is Cc1cc(C(=O)NCC(=O)NCCc2cccs2)nn1C. The Morgan fingerprint density at radius 1 is 1.38 bits per heavy atom. The maximum atomic E-state index is 11.8. The minimum atomic E-state index is -0.341. The number of aromatic nitrogens is 2. The molecule has 112 valence electrons. The van der Waals surface area contributed by atoms with Crippen molar-refractivity contribution in [3.8, 4) is 0 Å². The molecule has 0 fully saturated rings. The highest BCUT2D eigenvalue weighted by atomic mass is 32.1. The molecule has 6 nitrogen and oxygen atoms in total. The van der Waals surface area contributed by atoms with Gasteiger partial charge in [-0.25, -0.2) is 0 Å². The Morgan fingerprint density at radius 3 is 2.81 bits per heavy atom. The second-order valence-electron chi connectivity index (χ2n) is 4.66. The highest BCUT2D eigenvalue weighted by molar-refractivity contribution is 7.09. The lowest BCUT2D eigenvalue weighted by Gasteiger charge is -2.05. The zero-order valence-corrected chi connectivity index (χ0v) is 12.9. The quantitative estimate of drug-likeness (QED) is 0.832. The molecule has 0 spiro atoms. The average molecular weight is 306 g/mol. The molecule has 0 radical (unpaired) electrons. The molecule has 0 saturated carbocycles. The predicted molar refractivity (Wildman–Crippen MR) is 81.3 cm³/mol. The predicted octanol–water partition coefficient (Wildman–Crippen LogP) is 0.879. The molecule has 0 aliphatic heterocycles. The number of thiophene rings is 1. The molecule has 2 rings (SSSR count). The highest BCUT2D eigenvalue weighted by Gasteiger charge is 2.11. The van der Waals surface area contributed by atoms with Gasteiger partial charge < -0.3 is 10.6 Å². The second kappa shape index (κ2) is 7.03. The van der Waals surface area contributed by atoms with Crippen LogP contribution >= 0.6 is 11.3 Å². The summed E-state index contributed by atoms with van der Waals surface area (Å²) in [6, 6.07) is 5.70. The second-order valence-corrected chi connectivity index (χ2v) is 5.69. The number of hydrogen-bond donors (Lipinski definition) is 2. The van der Waals surface area contributed by atoms with Crippen molar-refractivity contribution >= 4 is 23.2 Å². The van der Waals surface area contributed by atoms with E-state index >= 15 is 0 Å². The van der Waals surface area contributed by atoms with Gasteiger partial charge in [-0.3, -0.25) is 14.3 Å². The van der Waals surface area contributed by atoms with Crippen LogP contribution in [0, 0.1) is 6.92 Å². The molecule has 2 N–H and O–H groups in total. The van der Waals surface area contributed by atoms with Crippen LogP contribution in [-0.4, -0.2) is 34.7 Å². The molecule has 2 amide bonds. The van der Waals surface area contributed by atoms with E-state index in [2.05, 4.69) is 15.7 Å². The number of nitrogens with zero attached hydrogens (tertiary/aromatic N) is 2. The Kier molecular flexibility index (Phi) is 5.10. The van der Waals surface area contributed by atoms with Crippen LogP contribution in [0.15, 0.2) is 23.6 Å². The van der Waals surface area contributed by atoms with Crippen LogP contribution in [0.2, 0.25) is 0 Å². The summed E-state index contributed by atoms with van der Waals surface area (Å²) in [5, 5.41) is 11.4. The Labute approximate surface area is 127 Å². The number of amides is 2. The van der Waals surface area contributed by atoms with Gasteiger partial charge in [0.15, 0.2) is 0 Å². The molecule has 0 aliphatic carbocycles. The summed E-state index contributed by atoms with van der Waals surface area (Å²) in [5.74, 6) is -0.542. The van der Waals surface area contributed by atoms with Crippen molar-refractivity contribution in [2.24, 2.45) is 7.05 Å². The summed E-state index contributed by atoms with van der Waals surface area (Å²) in [5.41, 5.74) is 1.21. The van der Waals surface area contributed by atoms with Crippen molar-refractivity contribution in [3.05, 3.63) is 39.8 Å². The van der Waals surface area contributed by atoms with Gasteiger partial charge in [0, 0.05) is 24.2 Å². The first kappa shape index (κ1) is 15.2. The minimum absolute atomic E-state index is 0.0428. The van der Waals surface area contributed by atoms with Gasteiger partial charge in [-0.2, -0.15) is 5.10 Å². The van der Waals surface area contributed by atoms with E-state index in [1.165, 1.54) is 4.88 Å². The van der Waals surface area contributed by atoms with Crippen molar-refractivity contribution in [3.63, 3.8) is 0 Å².